The molecule has 3 heteroatoms. The summed E-state index contributed by atoms with van der Waals surface area (Å²) >= 11 is 0. The monoisotopic (exact) mass is 154 g/mol. The van der Waals surface area contributed by atoms with Gasteiger partial charge in [0, 0.05) is 18.4 Å². The van der Waals surface area contributed by atoms with Crippen LogP contribution in [0.25, 0.3) is 0 Å². The highest BCUT2D eigenvalue weighted by Crippen LogP contribution is 2.14. The predicted octanol–water partition coefficient (Wildman–Crippen LogP) is 1.52. The van der Waals surface area contributed by atoms with Crippen LogP contribution in [0.15, 0.2) is 12.4 Å². The summed E-state index contributed by atoms with van der Waals surface area (Å²) in [6.45, 7) is 5.85. The molecule has 0 saturated carbocycles. The van der Waals surface area contributed by atoms with Crippen LogP contribution in [-0.2, 0) is 0 Å². The third-order valence-corrected chi connectivity index (χ3v) is 1.63. The van der Waals surface area contributed by atoms with Gasteiger partial charge in [0.1, 0.15) is 11.9 Å². The lowest BCUT2D eigenvalue weighted by molar-refractivity contribution is 0.182. The van der Waals surface area contributed by atoms with Gasteiger partial charge in [-0.05, 0) is 20.8 Å². The Bertz CT molecular complexity index is 205. The zero-order valence-corrected chi connectivity index (χ0v) is 7.15. The van der Waals surface area contributed by atoms with E-state index < -0.39 is 6.10 Å². The van der Waals surface area contributed by atoms with Crippen LogP contribution >= 0.6 is 0 Å². The quantitative estimate of drug-likeness (QED) is 0.701. The molecule has 0 bridgehead atoms. The summed E-state index contributed by atoms with van der Waals surface area (Å²) in [6.07, 6.45) is 3.11. The summed E-state index contributed by atoms with van der Waals surface area (Å²) in [6, 6.07) is 0.363. The Hall–Kier alpha value is -0.830. The summed E-state index contributed by atoms with van der Waals surface area (Å²) in [4.78, 5) is 4.05. The second-order valence-corrected chi connectivity index (χ2v) is 2.96. The lowest BCUT2D eigenvalue weighted by Crippen LogP contribution is -2.07. The van der Waals surface area contributed by atoms with Crippen LogP contribution in [0.1, 0.15) is 38.7 Å². The van der Waals surface area contributed by atoms with Crippen molar-refractivity contribution in [3.8, 4) is 0 Å². The molecule has 1 rings (SSSR count). The first kappa shape index (κ1) is 8.27. The van der Waals surface area contributed by atoms with E-state index in [1.165, 1.54) is 0 Å². The molecule has 0 fully saturated rings. The molecule has 1 heterocycles. The second-order valence-electron chi connectivity index (χ2n) is 2.96. The molecule has 62 valence electrons. The summed E-state index contributed by atoms with van der Waals surface area (Å²) in [5, 5.41) is 9.26. The number of nitrogens with zero attached hydrogens (tertiary/aromatic N) is 2. The van der Waals surface area contributed by atoms with Gasteiger partial charge in [-0.25, -0.2) is 4.98 Å². The number of imidazole rings is 1. The van der Waals surface area contributed by atoms with Crippen molar-refractivity contribution in [3.63, 3.8) is 0 Å². The maximum absolute atomic E-state index is 9.26. The molecule has 0 saturated heterocycles. The lowest BCUT2D eigenvalue weighted by Gasteiger charge is -2.12. The van der Waals surface area contributed by atoms with Crippen molar-refractivity contribution < 1.29 is 5.11 Å². The molecule has 0 aliphatic carbocycles. The first-order valence-electron chi connectivity index (χ1n) is 3.83. The molecule has 0 aliphatic rings. The Labute approximate surface area is 66.7 Å². The Kier molecular flexibility index (Phi) is 2.29. The molecule has 0 radical (unpaired) electrons. The minimum atomic E-state index is -0.479. The van der Waals surface area contributed by atoms with Crippen molar-refractivity contribution in [3.05, 3.63) is 18.2 Å². The normalized spacial score (nSPS) is 13.9. The molecule has 1 aromatic heterocycles. The molecule has 0 aliphatic heterocycles. The highest BCUT2D eigenvalue weighted by atomic mass is 16.3. The van der Waals surface area contributed by atoms with E-state index in [0.29, 0.717) is 6.04 Å². The van der Waals surface area contributed by atoms with Gasteiger partial charge in [-0.1, -0.05) is 0 Å². The van der Waals surface area contributed by atoms with Crippen molar-refractivity contribution in [2.45, 2.75) is 32.9 Å². The van der Waals surface area contributed by atoms with E-state index in [0.717, 1.165) is 5.82 Å². The second kappa shape index (κ2) is 3.05. The van der Waals surface area contributed by atoms with Crippen molar-refractivity contribution in [2.24, 2.45) is 0 Å². The fourth-order valence-electron chi connectivity index (χ4n) is 1.08. The van der Waals surface area contributed by atoms with E-state index in [1.807, 2.05) is 10.8 Å². The smallest absolute Gasteiger partial charge is 0.137 e. The average Bonchev–Trinajstić information content (AvgIpc) is 2.32. The molecular weight excluding hydrogens is 140 g/mol. The standard InChI is InChI=1S/C8H14N2O/c1-6(2)10-5-4-9-8(10)7(3)11/h4-7,11H,1-3H3/t7-/m1/s1. The molecule has 1 aromatic rings. The first-order chi connectivity index (χ1) is 5.13. The molecule has 0 amide bonds. The van der Waals surface area contributed by atoms with Crippen LogP contribution in [0.3, 0.4) is 0 Å². The van der Waals surface area contributed by atoms with Gasteiger partial charge in [-0.2, -0.15) is 0 Å². The zero-order chi connectivity index (χ0) is 8.43. The number of hydrogen-bond acceptors (Lipinski definition) is 2. The minimum absolute atomic E-state index is 0.363. The van der Waals surface area contributed by atoms with E-state index >= 15 is 0 Å². The summed E-state index contributed by atoms with van der Waals surface area (Å²) < 4.78 is 1.96. The molecule has 0 aromatic carbocycles. The van der Waals surface area contributed by atoms with Crippen molar-refractivity contribution >= 4 is 0 Å². The fraction of sp³-hybridized carbons (Fsp3) is 0.625. The van der Waals surface area contributed by atoms with Gasteiger partial charge in [0.15, 0.2) is 0 Å². The number of rotatable bonds is 2. The van der Waals surface area contributed by atoms with Gasteiger partial charge in [0.2, 0.25) is 0 Å². The number of aliphatic hydroxyl groups excluding tert-OH is 1. The van der Waals surface area contributed by atoms with E-state index in [9.17, 15) is 5.11 Å². The molecule has 0 unspecified atom stereocenters. The molecule has 0 spiro atoms. The third-order valence-electron chi connectivity index (χ3n) is 1.63. The van der Waals surface area contributed by atoms with Crippen LogP contribution < -0.4 is 0 Å². The van der Waals surface area contributed by atoms with Crippen LogP contribution in [-0.4, -0.2) is 14.7 Å². The minimum Gasteiger partial charge on any atom is -0.385 e. The Balaban J connectivity index is 2.96. The van der Waals surface area contributed by atoms with Gasteiger partial charge in [-0.15, -0.1) is 0 Å². The fourth-order valence-corrected chi connectivity index (χ4v) is 1.08. The molecule has 3 nitrogen and oxygen atoms in total. The predicted molar refractivity (Wildman–Crippen MR) is 43.2 cm³/mol. The van der Waals surface area contributed by atoms with E-state index in [4.69, 9.17) is 0 Å². The largest absolute Gasteiger partial charge is 0.385 e. The van der Waals surface area contributed by atoms with E-state index in [1.54, 1.807) is 13.1 Å². The summed E-state index contributed by atoms with van der Waals surface area (Å²) in [5.74, 6) is 0.736. The maximum Gasteiger partial charge on any atom is 0.137 e. The molecule has 11 heavy (non-hydrogen) atoms. The highest BCUT2D eigenvalue weighted by Gasteiger charge is 2.09. The lowest BCUT2D eigenvalue weighted by atomic mass is 10.3. The number of aromatic nitrogens is 2. The Morgan fingerprint density at radius 2 is 2.09 bits per heavy atom. The number of aliphatic hydroxyl groups is 1. The van der Waals surface area contributed by atoms with Crippen molar-refractivity contribution in [2.75, 3.05) is 0 Å². The highest BCUT2D eigenvalue weighted by molar-refractivity contribution is 4.96. The Morgan fingerprint density at radius 3 is 2.45 bits per heavy atom. The summed E-state index contributed by atoms with van der Waals surface area (Å²) in [7, 11) is 0. The van der Waals surface area contributed by atoms with Crippen LogP contribution in [0, 0.1) is 0 Å². The zero-order valence-electron chi connectivity index (χ0n) is 7.15. The average molecular weight is 154 g/mol. The molecule has 1 N–H and O–H groups in total. The van der Waals surface area contributed by atoms with Gasteiger partial charge < -0.3 is 9.67 Å². The Morgan fingerprint density at radius 1 is 1.45 bits per heavy atom. The van der Waals surface area contributed by atoms with Crippen LogP contribution in [0.4, 0.5) is 0 Å². The number of hydrogen-bond donors (Lipinski definition) is 1. The van der Waals surface area contributed by atoms with E-state index in [-0.39, 0.29) is 0 Å². The summed E-state index contributed by atoms with van der Waals surface area (Å²) in [5.41, 5.74) is 0. The van der Waals surface area contributed by atoms with Crippen LogP contribution in [0.5, 0.6) is 0 Å². The maximum atomic E-state index is 9.26. The van der Waals surface area contributed by atoms with Gasteiger partial charge >= 0.3 is 0 Å². The van der Waals surface area contributed by atoms with Crippen molar-refractivity contribution in [1.29, 1.82) is 0 Å². The molecule has 1 atom stereocenters. The van der Waals surface area contributed by atoms with Gasteiger partial charge in [0.05, 0.1) is 0 Å². The third kappa shape index (κ3) is 1.60. The van der Waals surface area contributed by atoms with Gasteiger partial charge in [0.25, 0.3) is 0 Å². The van der Waals surface area contributed by atoms with Gasteiger partial charge in [-0.3, -0.25) is 0 Å². The molecular formula is C8H14N2O. The first-order valence-corrected chi connectivity index (χ1v) is 3.83. The SMILES string of the molecule is CC(C)n1ccnc1[C@@H](C)O. The van der Waals surface area contributed by atoms with Crippen LogP contribution in [0.2, 0.25) is 0 Å². The topological polar surface area (TPSA) is 38.0 Å². The van der Waals surface area contributed by atoms with E-state index in [2.05, 4.69) is 18.8 Å². The van der Waals surface area contributed by atoms with Crippen molar-refractivity contribution in [1.82, 2.24) is 9.55 Å².